The molecule has 44 heavy (non-hydrogen) atoms. The molecule has 1 aliphatic rings. The van der Waals surface area contributed by atoms with Crippen molar-refractivity contribution in [2.45, 2.75) is 19.3 Å². The van der Waals surface area contributed by atoms with E-state index in [0.29, 0.717) is 0 Å². The van der Waals surface area contributed by atoms with Gasteiger partial charge in [-0.1, -0.05) is 135 Å². The highest BCUT2D eigenvalue weighted by Gasteiger charge is 2.35. The Morgan fingerprint density at radius 1 is 0.409 bits per heavy atom. The normalized spacial score (nSPS) is 13.4. The largest absolute Gasteiger partial charge is 0.310 e. The number of benzene rings is 8. The number of hydrogen-bond acceptors (Lipinski definition) is 1. The second-order valence-corrected chi connectivity index (χ2v) is 12.6. The van der Waals surface area contributed by atoms with Crippen LogP contribution in [0.3, 0.4) is 0 Å². The fourth-order valence-electron chi connectivity index (χ4n) is 7.69. The molecule has 208 valence electrons. The summed E-state index contributed by atoms with van der Waals surface area (Å²) in [6.45, 7) is 4.72. The lowest BCUT2D eigenvalue weighted by Crippen LogP contribution is -2.16. The molecule has 1 heteroatoms. The maximum atomic E-state index is 2.46. The molecule has 8 aromatic carbocycles. The molecule has 9 rings (SSSR count). The number of hydrogen-bond donors (Lipinski definition) is 0. The third kappa shape index (κ3) is 3.53. The van der Waals surface area contributed by atoms with Crippen molar-refractivity contribution in [3.63, 3.8) is 0 Å². The van der Waals surface area contributed by atoms with Crippen molar-refractivity contribution in [2.24, 2.45) is 0 Å². The van der Waals surface area contributed by atoms with E-state index in [0.717, 1.165) is 5.69 Å². The molecule has 0 unspecified atom stereocenters. The summed E-state index contributed by atoms with van der Waals surface area (Å²) < 4.78 is 0. The minimum absolute atomic E-state index is 0.0785. The lowest BCUT2D eigenvalue weighted by Gasteiger charge is -2.29. The Kier molecular flexibility index (Phi) is 5.31. The van der Waals surface area contributed by atoms with Crippen LogP contribution in [0.4, 0.5) is 17.1 Å². The highest BCUT2D eigenvalue weighted by atomic mass is 15.1. The van der Waals surface area contributed by atoms with Gasteiger partial charge in [0.05, 0.1) is 5.69 Å². The SMILES string of the molecule is CC1(C)c2ccccc2-c2ccc(N(c3ccccc3)c3cc4c(ccc5ccc6ccccc6c54)c4ccccc34)cc21. The van der Waals surface area contributed by atoms with Gasteiger partial charge in [0.2, 0.25) is 0 Å². The van der Waals surface area contributed by atoms with Crippen LogP contribution in [-0.4, -0.2) is 0 Å². The van der Waals surface area contributed by atoms with E-state index in [4.69, 9.17) is 0 Å². The van der Waals surface area contributed by atoms with Crippen LogP contribution >= 0.6 is 0 Å². The zero-order valence-corrected chi connectivity index (χ0v) is 24.9. The van der Waals surface area contributed by atoms with Crippen LogP contribution in [0.25, 0.3) is 54.2 Å². The van der Waals surface area contributed by atoms with E-state index >= 15 is 0 Å². The molecule has 0 N–H and O–H groups in total. The van der Waals surface area contributed by atoms with Crippen LogP contribution in [0.1, 0.15) is 25.0 Å². The van der Waals surface area contributed by atoms with E-state index in [1.807, 2.05) is 0 Å². The lowest BCUT2D eigenvalue weighted by atomic mass is 9.82. The third-order valence-corrected chi connectivity index (χ3v) is 9.81. The van der Waals surface area contributed by atoms with Gasteiger partial charge < -0.3 is 4.90 Å². The molecule has 0 amide bonds. The van der Waals surface area contributed by atoms with Crippen LogP contribution < -0.4 is 4.90 Å². The molecule has 0 fully saturated rings. The zero-order valence-electron chi connectivity index (χ0n) is 24.9. The summed E-state index contributed by atoms with van der Waals surface area (Å²) in [5.41, 5.74) is 8.88. The molecule has 0 saturated carbocycles. The molecule has 0 atom stereocenters. The monoisotopic (exact) mass is 561 g/mol. The first kappa shape index (κ1) is 25.1. The Labute approximate surface area is 257 Å². The molecule has 1 nitrogen and oxygen atoms in total. The van der Waals surface area contributed by atoms with Crippen molar-refractivity contribution >= 4 is 60.2 Å². The summed E-state index contributed by atoms with van der Waals surface area (Å²) in [7, 11) is 0. The molecule has 0 aliphatic heterocycles. The van der Waals surface area contributed by atoms with Crippen LogP contribution in [0.2, 0.25) is 0 Å². The summed E-state index contributed by atoms with van der Waals surface area (Å²) in [5.74, 6) is 0. The average molecular weight is 562 g/mol. The second-order valence-electron chi connectivity index (χ2n) is 12.6. The number of nitrogens with zero attached hydrogens (tertiary/aromatic N) is 1. The highest BCUT2D eigenvalue weighted by Crippen LogP contribution is 2.51. The lowest BCUT2D eigenvalue weighted by molar-refractivity contribution is 0.660. The number of fused-ring (bicyclic) bond motifs is 10. The molecular weight excluding hydrogens is 530 g/mol. The molecule has 0 aromatic heterocycles. The Morgan fingerprint density at radius 3 is 1.91 bits per heavy atom. The summed E-state index contributed by atoms with van der Waals surface area (Å²) in [5, 5.41) is 10.2. The van der Waals surface area contributed by atoms with Crippen LogP contribution in [-0.2, 0) is 5.41 Å². The predicted octanol–water partition coefficient (Wildman–Crippen LogP) is 12.1. The smallest absolute Gasteiger partial charge is 0.0546 e. The maximum absolute atomic E-state index is 2.46. The third-order valence-electron chi connectivity index (χ3n) is 9.81. The van der Waals surface area contributed by atoms with Gasteiger partial charge in [-0.15, -0.1) is 0 Å². The van der Waals surface area contributed by atoms with E-state index < -0.39 is 0 Å². The van der Waals surface area contributed by atoms with Crippen molar-refractivity contribution in [3.05, 3.63) is 163 Å². The van der Waals surface area contributed by atoms with Crippen LogP contribution in [0.15, 0.2) is 152 Å². The van der Waals surface area contributed by atoms with Crippen molar-refractivity contribution in [3.8, 4) is 11.1 Å². The molecular formula is C43H31N. The van der Waals surface area contributed by atoms with E-state index in [2.05, 4.69) is 170 Å². The Morgan fingerprint density at radius 2 is 1.05 bits per heavy atom. The number of rotatable bonds is 3. The summed E-state index contributed by atoms with van der Waals surface area (Å²) in [4.78, 5) is 2.46. The Bertz CT molecular complexity index is 2420. The Balaban J connectivity index is 1.38. The molecule has 0 radical (unpaired) electrons. The quantitative estimate of drug-likeness (QED) is 0.194. The molecule has 0 spiro atoms. The van der Waals surface area contributed by atoms with E-state index in [1.54, 1.807) is 0 Å². The fourth-order valence-corrected chi connectivity index (χ4v) is 7.69. The molecule has 0 saturated heterocycles. The fraction of sp³-hybridized carbons (Fsp3) is 0.0698. The van der Waals surface area contributed by atoms with Gasteiger partial charge in [0.15, 0.2) is 0 Å². The van der Waals surface area contributed by atoms with Gasteiger partial charge in [-0.25, -0.2) is 0 Å². The van der Waals surface area contributed by atoms with E-state index in [9.17, 15) is 0 Å². The minimum atomic E-state index is -0.0785. The first-order chi connectivity index (χ1) is 21.6. The van der Waals surface area contributed by atoms with Crippen LogP contribution in [0, 0.1) is 0 Å². The summed E-state index contributed by atoms with van der Waals surface area (Å²) >= 11 is 0. The summed E-state index contributed by atoms with van der Waals surface area (Å²) in [6, 6.07) is 56.0. The first-order valence-corrected chi connectivity index (χ1v) is 15.5. The number of anilines is 3. The molecule has 0 heterocycles. The predicted molar refractivity (Wildman–Crippen MR) is 189 cm³/mol. The topological polar surface area (TPSA) is 3.24 Å². The minimum Gasteiger partial charge on any atom is -0.310 e. The van der Waals surface area contributed by atoms with Gasteiger partial charge in [0.1, 0.15) is 0 Å². The van der Waals surface area contributed by atoms with Crippen molar-refractivity contribution < 1.29 is 0 Å². The van der Waals surface area contributed by atoms with Crippen molar-refractivity contribution in [1.82, 2.24) is 0 Å². The maximum Gasteiger partial charge on any atom is 0.0546 e. The molecule has 8 aromatic rings. The van der Waals surface area contributed by atoms with E-state index in [-0.39, 0.29) is 5.41 Å². The van der Waals surface area contributed by atoms with E-state index in [1.165, 1.54) is 76.7 Å². The molecule has 1 aliphatic carbocycles. The van der Waals surface area contributed by atoms with Gasteiger partial charge in [-0.3, -0.25) is 0 Å². The van der Waals surface area contributed by atoms with Crippen LogP contribution in [0.5, 0.6) is 0 Å². The Hall–Kier alpha value is -5.40. The average Bonchev–Trinajstić information content (AvgIpc) is 3.31. The van der Waals surface area contributed by atoms with Crippen molar-refractivity contribution in [2.75, 3.05) is 4.90 Å². The zero-order chi connectivity index (χ0) is 29.4. The van der Waals surface area contributed by atoms with Gasteiger partial charge in [0, 0.05) is 22.2 Å². The first-order valence-electron chi connectivity index (χ1n) is 15.5. The van der Waals surface area contributed by atoms with Gasteiger partial charge >= 0.3 is 0 Å². The van der Waals surface area contributed by atoms with Gasteiger partial charge in [-0.2, -0.15) is 0 Å². The second kappa shape index (κ2) is 9.30. The number of para-hydroxylation sites is 1. The summed E-state index contributed by atoms with van der Waals surface area (Å²) in [6.07, 6.45) is 0. The standard InChI is InChI=1S/C43H31N/c1-43(2)39-19-11-10-17-35(39)36-25-23-31(26-40(36)43)44(30-13-4-3-5-14-30)41-27-38-34(33-16-8-9-18-37(33)41)24-22-29-21-20-28-12-6-7-15-32(28)42(29)38/h3-27H,1-2H3. The highest BCUT2D eigenvalue weighted by molar-refractivity contribution is 6.27. The molecule has 0 bridgehead atoms. The van der Waals surface area contributed by atoms with Gasteiger partial charge in [0.25, 0.3) is 0 Å². The van der Waals surface area contributed by atoms with Gasteiger partial charge in [-0.05, 0) is 90.3 Å². The van der Waals surface area contributed by atoms with Crippen molar-refractivity contribution in [1.29, 1.82) is 0 Å².